The summed E-state index contributed by atoms with van der Waals surface area (Å²) in [4.78, 5) is 0. The summed E-state index contributed by atoms with van der Waals surface area (Å²) >= 11 is 8.67. The summed E-state index contributed by atoms with van der Waals surface area (Å²) in [5.41, 5.74) is 2.32. The molecule has 0 aliphatic heterocycles. The van der Waals surface area contributed by atoms with Gasteiger partial charge < -0.3 is 4.74 Å². The molecule has 126 valence electrons. The van der Waals surface area contributed by atoms with Crippen LogP contribution in [0.1, 0.15) is 0 Å². The van der Waals surface area contributed by atoms with Gasteiger partial charge in [-0.2, -0.15) is 0 Å². The number of halogens is 1. The van der Waals surface area contributed by atoms with Crippen molar-refractivity contribution in [3.05, 3.63) is 77.8 Å². The third-order valence-electron chi connectivity index (χ3n) is 4.82. The van der Waals surface area contributed by atoms with E-state index in [1.807, 2.05) is 12.1 Å². The standard InChI is InChI=1S/C23H15ClOS/c1-25-16-12-18(14-7-3-2-4-8-14)21-20(13-16)26-19-11-15-9-5-6-10-17(15)23(24)22(19)21/h2-13H,1H3. The quantitative estimate of drug-likeness (QED) is 0.310. The largest absolute Gasteiger partial charge is 0.497 e. The number of ether oxygens (including phenoxy) is 1. The molecule has 0 amide bonds. The Morgan fingerprint density at radius 2 is 1.54 bits per heavy atom. The van der Waals surface area contributed by atoms with Crippen LogP contribution in [0.3, 0.4) is 0 Å². The van der Waals surface area contributed by atoms with Crippen molar-refractivity contribution >= 4 is 53.9 Å². The Labute approximate surface area is 160 Å². The maximum absolute atomic E-state index is 6.90. The molecule has 0 aliphatic carbocycles. The monoisotopic (exact) mass is 374 g/mol. The topological polar surface area (TPSA) is 9.23 Å². The molecule has 5 rings (SSSR count). The number of thiophene rings is 1. The van der Waals surface area contributed by atoms with E-state index in [0.29, 0.717) is 0 Å². The first-order valence-corrected chi connectivity index (χ1v) is 9.62. The average Bonchev–Trinajstić information content (AvgIpc) is 3.06. The van der Waals surface area contributed by atoms with Crippen LogP contribution in [0.15, 0.2) is 72.8 Å². The molecular weight excluding hydrogens is 360 g/mol. The maximum Gasteiger partial charge on any atom is 0.120 e. The lowest BCUT2D eigenvalue weighted by Gasteiger charge is -2.09. The molecule has 5 aromatic rings. The fourth-order valence-electron chi connectivity index (χ4n) is 3.60. The van der Waals surface area contributed by atoms with E-state index in [1.54, 1.807) is 18.4 Å². The minimum absolute atomic E-state index is 0.826. The third kappa shape index (κ3) is 2.30. The van der Waals surface area contributed by atoms with E-state index < -0.39 is 0 Å². The molecule has 0 radical (unpaired) electrons. The van der Waals surface area contributed by atoms with Gasteiger partial charge in [-0.25, -0.2) is 0 Å². The number of rotatable bonds is 2. The zero-order valence-electron chi connectivity index (χ0n) is 14.1. The van der Waals surface area contributed by atoms with Gasteiger partial charge in [0.25, 0.3) is 0 Å². The maximum atomic E-state index is 6.90. The zero-order chi connectivity index (χ0) is 17.7. The average molecular weight is 375 g/mol. The van der Waals surface area contributed by atoms with Gasteiger partial charge in [0, 0.05) is 25.6 Å². The Kier molecular flexibility index (Phi) is 3.63. The van der Waals surface area contributed by atoms with Gasteiger partial charge in [-0.3, -0.25) is 0 Å². The lowest BCUT2D eigenvalue weighted by Crippen LogP contribution is -1.86. The summed E-state index contributed by atoms with van der Waals surface area (Å²) < 4.78 is 7.95. The smallest absolute Gasteiger partial charge is 0.120 e. The van der Waals surface area contributed by atoms with Gasteiger partial charge in [0.2, 0.25) is 0 Å². The van der Waals surface area contributed by atoms with E-state index in [1.165, 1.54) is 25.7 Å². The summed E-state index contributed by atoms with van der Waals surface area (Å²) in [5.74, 6) is 0.864. The van der Waals surface area contributed by atoms with Gasteiger partial charge in [0.05, 0.1) is 12.1 Å². The number of benzene rings is 4. The van der Waals surface area contributed by atoms with Gasteiger partial charge in [0.15, 0.2) is 0 Å². The lowest BCUT2D eigenvalue weighted by molar-refractivity contribution is 0.415. The van der Waals surface area contributed by atoms with Gasteiger partial charge in [-0.15, -0.1) is 11.3 Å². The van der Waals surface area contributed by atoms with E-state index >= 15 is 0 Å². The van der Waals surface area contributed by atoms with Crippen LogP contribution in [0.2, 0.25) is 5.02 Å². The van der Waals surface area contributed by atoms with E-state index in [-0.39, 0.29) is 0 Å². The van der Waals surface area contributed by atoms with E-state index in [2.05, 4.69) is 60.7 Å². The van der Waals surface area contributed by atoms with E-state index in [4.69, 9.17) is 16.3 Å². The van der Waals surface area contributed by atoms with Gasteiger partial charge in [-0.05, 0) is 34.7 Å². The van der Waals surface area contributed by atoms with Crippen LogP contribution in [0.4, 0.5) is 0 Å². The molecule has 0 aliphatic rings. The molecule has 0 saturated carbocycles. The van der Waals surface area contributed by atoms with Crippen molar-refractivity contribution in [2.24, 2.45) is 0 Å². The molecule has 26 heavy (non-hydrogen) atoms. The molecule has 1 nitrogen and oxygen atoms in total. The van der Waals surface area contributed by atoms with Crippen LogP contribution in [0.5, 0.6) is 5.75 Å². The predicted molar refractivity (Wildman–Crippen MR) is 114 cm³/mol. The fourth-order valence-corrected chi connectivity index (χ4v) is 5.25. The normalized spacial score (nSPS) is 11.5. The molecule has 3 heteroatoms. The molecular formula is C23H15ClOS. The summed E-state index contributed by atoms with van der Waals surface area (Å²) in [6, 6.07) is 25.2. The first-order valence-electron chi connectivity index (χ1n) is 8.43. The Hall–Kier alpha value is -2.55. The minimum Gasteiger partial charge on any atom is -0.497 e. The van der Waals surface area contributed by atoms with Crippen LogP contribution in [-0.2, 0) is 0 Å². The first-order chi connectivity index (χ1) is 12.8. The van der Waals surface area contributed by atoms with Crippen LogP contribution in [0.25, 0.3) is 42.1 Å². The molecule has 0 unspecified atom stereocenters. The zero-order valence-corrected chi connectivity index (χ0v) is 15.7. The first kappa shape index (κ1) is 15.7. The van der Waals surface area contributed by atoms with Crippen LogP contribution < -0.4 is 4.74 Å². The van der Waals surface area contributed by atoms with Crippen molar-refractivity contribution in [3.63, 3.8) is 0 Å². The summed E-state index contributed by atoms with van der Waals surface area (Å²) in [6.07, 6.45) is 0. The highest BCUT2D eigenvalue weighted by Crippen LogP contribution is 2.47. The highest BCUT2D eigenvalue weighted by molar-refractivity contribution is 7.26. The second-order valence-electron chi connectivity index (χ2n) is 6.30. The van der Waals surface area contributed by atoms with Gasteiger partial charge >= 0.3 is 0 Å². The summed E-state index contributed by atoms with van der Waals surface area (Å²) in [6.45, 7) is 0. The molecule has 1 aromatic heterocycles. The third-order valence-corrected chi connectivity index (χ3v) is 6.29. The molecule has 1 heterocycles. The molecule has 0 saturated heterocycles. The van der Waals surface area contributed by atoms with Crippen LogP contribution >= 0.6 is 22.9 Å². The van der Waals surface area contributed by atoms with Crippen molar-refractivity contribution in [3.8, 4) is 16.9 Å². The Bertz CT molecular complexity index is 1270. The fraction of sp³-hybridized carbons (Fsp3) is 0.0435. The Morgan fingerprint density at radius 1 is 0.808 bits per heavy atom. The van der Waals surface area contributed by atoms with Gasteiger partial charge in [0.1, 0.15) is 5.75 Å². The highest BCUT2D eigenvalue weighted by Gasteiger charge is 2.17. The Balaban J connectivity index is 2.00. The van der Waals surface area contributed by atoms with Gasteiger partial charge in [-0.1, -0.05) is 66.2 Å². The second kappa shape index (κ2) is 6.01. The van der Waals surface area contributed by atoms with Crippen molar-refractivity contribution in [1.82, 2.24) is 0 Å². The number of methoxy groups -OCH3 is 1. The summed E-state index contributed by atoms with van der Waals surface area (Å²) in [7, 11) is 1.71. The molecule has 0 spiro atoms. The minimum atomic E-state index is 0.826. The van der Waals surface area contributed by atoms with E-state index in [0.717, 1.165) is 27.1 Å². The molecule has 0 bridgehead atoms. The lowest BCUT2D eigenvalue weighted by atomic mass is 9.98. The molecule has 0 atom stereocenters. The molecule has 0 fully saturated rings. The molecule has 4 aromatic carbocycles. The number of hydrogen-bond donors (Lipinski definition) is 0. The van der Waals surface area contributed by atoms with Crippen molar-refractivity contribution in [2.75, 3.05) is 7.11 Å². The predicted octanol–water partition coefficient (Wildman–Crippen LogP) is 7.54. The Morgan fingerprint density at radius 3 is 2.35 bits per heavy atom. The molecule has 0 N–H and O–H groups in total. The number of fused-ring (bicyclic) bond motifs is 4. The SMILES string of the molecule is COc1cc(-c2ccccc2)c2c(c1)sc1cc3ccccc3c(Cl)c12. The number of hydrogen-bond acceptors (Lipinski definition) is 2. The summed E-state index contributed by atoms with van der Waals surface area (Å²) in [5, 5.41) is 5.42. The van der Waals surface area contributed by atoms with Crippen LogP contribution in [-0.4, -0.2) is 7.11 Å². The van der Waals surface area contributed by atoms with Crippen molar-refractivity contribution in [1.29, 1.82) is 0 Å². The van der Waals surface area contributed by atoms with E-state index in [9.17, 15) is 0 Å². The second-order valence-corrected chi connectivity index (χ2v) is 7.76. The van der Waals surface area contributed by atoms with Crippen molar-refractivity contribution in [2.45, 2.75) is 0 Å². The highest BCUT2D eigenvalue weighted by atomic mass is 35.5. The van der Waals surface area contributed by atoms with Crippen molar-refractivity contribution < 1.29 is 4.74 Å². The van der Waals surface area contributed by atoms with Crippen LogP contribution in [0, 0.1) is 0 Å².